The van der Waals surface area contributed by atoms with Crippen molar-refractivity contribution in [1.82, 2.24) is 20.7 Å². The molecular formula is C21H30N4O4. The number of para-hydroxylation sites is 1. The Hall–Kier alpha value is -2.87. The van der Waals surface area contributed by atoms with E-state index in [0.29, 0.717) is 12.8 Å². The Morgan fingerprint density at radius 3 is 2.45 bits per heavy atom. The highest BCUT2D eigenvalue weighted by Crippen LogP contribution is 2.22. The maximum absolute atomic E-state index is 12.9. The lowest BCUT2D eigenvalue weighted by atomic mass is 9.92. The van der Waals surface area contributed by atoms with Gasteiger partial charge in [0, 0.05) is 50.0 Å². The first kappa shape index (κ1) is 22.4. The van der Waals surface area contributed by atoms with Crippen molar-refractivity contribution in [3.8, 4) is 0 Å². The topological polar surface area (TPSA) is 112 Å². The van der Waals surface area contributed by atoms with E-state index in [4.69, 9.17) is 5.21 Å². The predicted octanol–water partition coefficient (Wildman–Crippen LogP) is 1.51. The van der Waals surface area contributed by atoms with Gasteiger partial charge in [0.1, 0.15) is 6.04 Å². The number of benzene rings is 1. The summed E-state index contributed by atoms with van der Waals surface area (Å²) in [6.07, 6.45) is 2.61. The molecule has 8 heteroatoms. The first-order valence-electron chi connectivity index (χ1n) is 9.74. The molecule has 0 radical (unpaired) electrons. The summed E-state index contributed by atoms with van der Waals surface area (Å²) in [5.41, 5.74) is 3.57. The van der Waals surface area contributed by atoms with Crippen LogP contribution in [0.25, 0.3) is 10.9 Å². The fourth-order valence-corrected chi connectivity index (χ4v) is 3.60. The van der Waals surface area contributed by atoms with Gasteiger partial charge >= 0.3 is 0 Å². The third kappa shape index (κ3) is 5.80. The molecule has 0 fully saturated rings. The Morgan fingerprint density at radius 1 is 1.14 bits per heavy atom. The minimum atomic E-state index is -0.773. The lowest BCUT2D eigenvalue weighted by Gasteiger charge is -2.22. The van der Waals surface area contributed by atoms with Gasteiger partial charge in [0.2, 0.25) is 17.7 Å². The third-order valence-electron chi connectivity index (χ3n) is 4.97. The summed E-state index contributed by atoms with van der Waals surface area (Å²) in [4.78, 5) is 36.9. The van der Waals surface area contributed by atoms with E-state index in [0.717, 1.165) is 16.5 Å². The number of likely N-dealkylation sites (N-methyl/N-ethyl adjacent to an activating group) is 1. The van der Waals surface area contributed by atoms with Gasteiger partial charge in [-0.25, -0.2) is 5.48 Å². The molecule has 1 aromatic heterocycles. The number of carbonyl (C=O) groups excluding carboxylic acids is 3. The van der Waals surface area contributed by atoms with Crippen molar-refractivity contribution in [2.45, 2.75) is 39.2 Å². The summed E-state index contributed by atoms with van der Waals surface area (Å²) < 4.78 is 1.99. The maximum Gasteiger partial charge on any atom is 0.244 e. The first-order chi connectivity index (χ1) is 13.8. The van der Waals surface area contributed by atoms with Crippen molar-refractivity contribution >= 4 is 28.6 Å². The minimum Gasteiger partial charge on any atom is -0.357 e. The van der Waals surface area contributed by atoms with Crippen LogP contribution in [0.15, 0.2) is 30.5 Å². The molecule has 0 spiro atoms. The fraction of sp³-hybridized carbons (Fsp3) is 0.476. The largest absolute Gasteiger partial charge is 0.357 e. The van der Waals surface area contributed by atoms with Crippen LogP contribution in [0.5, 0.6) is 0 Å². The van der Waals surface area contributed by atoms with E-state index in [1.165, 1.54) is 7.05 Å². The van der Waals surface area contributed by atoms with E-state index >= 15 is 0 Å². The van der Waals surface area contributed by atoms with Crippen LogP contribution in [0, 0.1) is 11.8 Å². The van der Waals surface area contributed by atoms with Crippen molar-refractivity contribution in [3.05, 3.63) is 36.0 Å². The Morgan fingerprint density at radius 2 is 1.83 bits per heavy atom. The van der Waals surface area contributed by atoms with Crippen molar-refractivity contribution < 1.29 is 19.6 Å². The summed E-state index contributed by atoms with van der Waals surface area (Å²) in [7, 11) is 3.46. The molecule has 29 heavy (non-hydrogen) atoms. The first-order valence-corrected chi connectivity index (χ1v) is 9.74. The van der Waals surface area contributed by atoms with Gasteiger partial charge < -0.3 is 15.2 Å². The molecule has 2 rings (SSSR count). The van der Waals surface area contributed by atoms with Crippen LogP contribution >= 0.6 is 0 Å². The molecule has 1 heterocycles. The number of aryl methyl sites for hydroxylation is 1. The van der Waals surface area contributed by atoms with E-state index in [1.54, 1.807) is 5.48 Å². The number of aromatic nitrogens is 1. The third-order valence-corrected chi connectivity index (χ3v) is 4.97. The predicted molar refractivity (Wildman–Crippen MR) is 110 cm³/mol. The number of hydroxylamine groups is 1. The smallest absolute Gasteiger partial charge is 0.244 e. The molecule has 0 aliphatic rings. The Balaban J connectivity index is 2.23. The van der Waals surface area contributed by atoms with Gasteiger partial charge in [0.25, 0.3) is 0 Å². The molecule has 0 saturated heterocycles. The standard InChI is InChI=1S/C21H30N4O4/c1-13(2)9-14(11-19(26)24-29)20(27)23-17(21(28)22-3)10-15-12-25(4)18-8-6-5-7-16(15)18/h5-8,12-14,17,29H,9-11H2,1-4H3,(H,22,28)(H,23,27)(H,24,26)/t14-,17+/m1/s1. The molecule has 4 N–H and O–H groups in total. The Bertz CT molecular complexity index is 875. The van der Waals surface area contributed by atoms with Crippen molar-refractivity contribution in [2.75, 3.05) is 7.05 Å². The van der Waals surface area contributed by atoms with Crippen LogP contribution in [-0.2, 0) is 27.9 Å². The summed E-state index contributed by atoms with van der Waals surface area (Å²) in [5, 5.41) is 15.2. The van der Waals surface area contributed by atoms with E-state index < -0.39 is 17.9 Å². The van der Waals surface area contributed by atoms with Crippen LogP contribution < -0.4 is 16.1 Å². The molecule has 1 aromatic carbocycles. The molecular weight excluding hydrogens is 372 g/mol. The highest BCUT2D eigenvalue weighted by molar-refractivity contribution is 5.91. The Kier molecular flexibility index (Phi) is 7.78. The van der Waals surface area contributed by atoms with E-state index in [9.17, 15) is 14.4 Å². The zero-order valence-corrected chi connectivity index (χ0v) is 17.4. The summed E-state index contributed by atoms with van der Waals surface area (Å²) >= 11 is 0. The van der Waals surface area contributed by atoms with Gasteiger partial charge in [-0.1, -0.05) is 32.0 Å². The van der Waals surface area contributed by atoms with E-state index in [2.05, 4.69) is 10.6 Å². The second-order valence-corrected chi connectivity index (χ2v) is 7.73. The maximum atomic E-state index is 12.9. The molecule has 2 atom stereocenters. The van der Waals surface area contributed by atoms with Crippen LogP contribution in [0.3, 0.4) is 0 Å². The number of nitrogens with zero attached hydrogens (tertiary/aromatic N) is 1. The van der Waals surface area contributed by atoms with Gasteiger partial charge in [0.15, 0.2) is 0 Å². The van der Waals surface area contributed by atoms with Gasteiger partial charge in [-0.15, -0.1) is 0 Å². The minimum absolute atomic E-state index is 0.144. The molecule has 0 unspecified atom stereocenters. The lowest BCUT2D eigenvalue weighted by Crippen LogP contribution is -2.49. The zero-order chi connectivity index (χ0) is 21.6. The molecule has 8 nitrogen and oxygen atoms in total. The van der Waals surface area contributed by atoms with Gasteiger partial charge in [-0.3, -0.25) is 19.6 Å². The van der Waals surface area contributed by atoms with Crippen molar-refractivity contribution in [1.29, 1.82) is 0 Å². The van der Waals surface area contributed by atoms with Gasteiger partial charge in [0.05, 0.1) is 0 Å². The number of carbonyl (C=O) groups is 3. The SMILES string of the molecule is CNC(=O)[C@H](Cc1cn(C)c2ccccc12)NC(=O)[C@@H](CC(=O)NO)CC(C)C. The normalized spacial score (nSPS) is 13.2. The van der Waals surface area contributed by atoms with Crippen LogP contribution in [0.1, 0.15) is 32.3 Å². The Labute approximate surface area is 170 Å². The summed E-state index contributed by atoms with van der Waals surface area (Å²) in [5.74, 6) is -1.77. The summed E-state index contributed by atoms with van der Waals surface area (Å²) in [6, 6.07) is 7.10. The van der Waals surface area contributed by atoms with Crippen molar-refractivity contribution in [2.24, 2.45) is 18.9 Å². The molecule has 3 amide bonds. The average molecular weight is 402 g/mol. The monoisotopic (exact) mass is 402 g/mol. The molecule has 0 aliphatic carbocycles. The second-order valence-electron chi connectivity index (χ2n) is 7.73. The average Bonchev–Trinajstić information content (AvgIpc) is 3.01. The highest BCUT2D eigenvalue weighted by atomic mass is 16.5. The molecule has 0 bridgehead atoms. The van der Waals surface area contributed by atoms with E-state index in [1.807, 2.05) is 55.9 Å². The fourth-order valence-electron chi connectivity index (χ4n) is 3.60. The number of hydrogen-bond acceptors (Lipinski definition) is 4. The van der Waals surface area contributed by atoms with Crippen LogP contribution in [-0.4, -0.2) is 40.6 Å². The quantitative estimate of drug-likeness (QED) is 0.376. The lowest BCUT2D eigenvalue weighted by molar-refractivity contribution is -0.136. The molecule has 158 valence electrons. The molecule has 0 aliphatic heterocycles. The number of nitrogens with one attached hydrogen (secondary N) is 3. The van der Waals surface area contributed by atoms with Crippen LogP contribution in [0.2, 0.25) is 0 Å². The zero-order valence-electron chi connectivity index (χ0n) is 17.4. The van der Waals surface area contributed by atoms with Gasteiger partial charge in [-0.2, -0.15) is 0 Å². The number of hydrogen-bond donors (Lipinski definition) is 4. The highest BCUT2D eigenvalue weighted by Gasteiger charge is 2.28. The molecule has 2 aromatic rings. The van der Waals surface area contributed by atoms with E-state index in [-0.39, 0.29) is 24.2 Å². The number of rotatable bonds is 9. The number of amides is 3. The molecule has 0 saturated carbocycles. The van der Waals surface area contributed by atoms with Gasteiger partial charge in [-0.05, 0) is 24.0 Å². The summed E-state index contributed by atoms with van der Waals surface area (Å²) in [6.45, 7) is 3.90. The van der Waals surface area contributed by atoms with Crippen molar-refractivity contribution in [3.63, 3.8) is 0 Å². The second kappa shape index (κ2) is 10.1. The van der Waals surface area contributed by atoms with Crippen LogP contribution in [0.4, 0.5) is 0 Å². The number of fused-ring (bicyclic) bond motifs is 1.